The van der Waals surface area contributed by atoms with E-state index in [2.05, 4.69) is 21.4 Å². The summed E-state index contributed by atoms with van der Waals surface area (Å²) in [4.78, 5) is 54.7. The Morgan fingerprint density at radius 1 is 1.13 bits per heavy atom. The second-order valence-electron chi connectivity index (χ2n) is 17.3. The summed E-state index contributed by atoms with van der Waals surface area (Å²) in [5, 5.41) is 41.8. The number of thiophene rings is 1. The van der Waals surface area contributed by atoms with E-state index in [4.69, 9.17) is 33.0 Å². The molecule has 2 N–H and O–H groups in total. The molecule has 61 heavy (non-hydrogen) atoms. The third-order valence-corrected chi connectivity index (χ3v) is 13.1. The summed E-state index contributed by atoms with van der Waals surface area (Å²) < 4.78 is 37.9. The lowest BCUT2D eigenvalue weighted by Crippen LogP contribution is -2.60. The van der Waals surface area contributed by atoms with Crippen molar-refractivity contribution in [2.75, 3.05) is 27.3 Å². The van der Waals surface area contributed by atoms with Crippen LogP contribution in [-0.4, -0.2) is 131 Å². The number of aliphatic hydroxyl groups is 2. The van der Waals surface area contributed by atoms with Crippen molar-refractivity contribution >= 4 is 40.4 Å². The van der Waals surface area contributed by atoms with Gasteiger partial charge in [0.25, 0.3) is 0 Å². The highest BCUT2D eigenvalue weighted by molar-refractivity contribution is 7.15. The molecule has 1 amide bonds. The van der Waals surface area contributed by atoms with Crippen LogP contribution in [0, 0.1) is 35.0 Å². The Hall–Kier alpha value is -3.93. The maximum Gasteiger partial charge on any atom is 0.316 e. The molecule has 3 saturated heterocycles. The normalized spacial score (nSPS) is 37.1. The molecule has 1 unspecified atom stereocenters. The van der Waals surface area contributed by atoms with Crippen molar-refractivity contribution in [3.63, 3.8) is 0 Å². The number of esters is 1. The number of nitrogens with zero attached hydrogens (tertiary/aromatic N) is 5. The molecule has 0 radical (unpaired) electrons. The van der Waals surface area contributed by atoms with Crippen molar-refractivity contribution in [1.29, 1.82) is 5.26 Å². The van der Waals surface area contributed by atoms with Crippen LogP contribution in [0.25, 0.3) is 10.6 Å². The van der Waals surface area contributed by atoms with E-state index in [0.717, 1.165) is 4.88 Å². The predicted molar refractivity (Wildman–Crippen MR) is 223 cm³/mol. The summed E-state index contributed by atoms with van der Waals surface area (Å²) in [6.07, 6.45) is -5.33. The SMILES string of the molecule is CC[C@H]1OC(=O)[C@H](C)C(=O)[C@H](C)[C@@H](O[C@@H]2O[C@H](C)C[C@H](N(C)C)[C@H]2O)[C@@]2(C)C[C@@H](C)C(=NC(C)=O)[C@H](C)C(OC/C(=N\OCc3cc(-c4ccc(C#N)s4)no3)CO2)[C@]1(C)O. The Bertz CT molecular complexity index is 1970. The number of aliphatic imine (C=N–C) groups is 1. The van der Waals surface area contributed by atoms with Gasteiger partial charge in [0, 0.05) is 36.6 Å². The van der Waals surface area contributed by atoms with Crippen molar-refractivity contribution in [1.82, 2.24) is 10.1 Å². The number of aromatic nitrogens is 1. The highest BCUT2D eigenvalue weighted by atomic mass is 32.1. The number of fused-ring (bicyclic) bond motifs is 5. The van der Waals surface area contributed by atoms with Gasteiger partial charge < -0.3 is 48.2 Å². The molecule has 2 bridgehead atoms. The number of aliphatic hydroxyl groups excluding tert-OH is 1. The monoisotopic (exact) mass is 871 g/mol. The lowest BCUT2D eigenvalue weighted by molar-refractivity contribution is -0.296. The number of hydrogen-bond donors (Lipinski definition) is 2. The molecule has 2 aromatic heterocycles. The second-order valence-corrected chi connectivity index (χ2v) is 18.4. The number of ketones is 1. The van der Waals surface area contributed by atoms with E-state index in [1.807, 2.05) is 32.8 Å². The first-order valence-electron chi connectivity index (χ1n) is 20.8. The quantitative estimate of drug-likeness (QED) is 0.208. The van der Waals surface area contributed by atoms with Crippen LogP contribution in [-0.2, 0) is 49.5 Å². The smallest absolute Gasteiger partial charge is 0.316 e. The molecule has 13 atom stereocenters. The number of cyclic esters (lactones) is 1. The average molecular weight is 872 g/mol. The van der Waals surface area contributed by atoms with Crippen LogP contribution >= 0.6 is 11.3 Å². The Balaban J connectivity index is 1.63. The molecular formula is C43H61N5O12S. The van der Waals surface area contributed by atoms with Crippen LogP contribution in [0.2, 0.25) is 0 Å². The van der Waals surface area contributed by atoms with Gasteiger partial charge in [-0.2, -0.15) is 5.26 Å². The van der Waals surface area contributed by atoms with Crippen molar-refractivity contribution in [3.05, 3.63) is 28.8 Å². The van der Waals surface area contributed by atoms with Gasteiger partial charge in [-0.15, -0.1) is 11.3 Å². The average Bonchev–Trinajstić information content (AvgIpc) is 3.89. The van der Waals surface area contributed by atoms with E-state index in [-0.39, 0.29) is 50.5 Å². The van der Waals surface area contributed by atoms with Gasteiger partial charge in [0.05, 0.1) is 42.0 Å². The summed E-state index contributed by atoms with van der Waals surface area (Å²) in [6, 6.07) is 6.92. The molecule has 2 aromatic rings. The van der Waals surface area contributed by atoms with E-state index < -0.39 is 83.2 Å². The van der Waals surface area contributed by atoms with E-state index in [1.54, 1.807) is 45.9 Å². The summed E-state index contributed by atoms with van der Waals surface area (Å²) in [6.45, 7) is 14.3. The molecular weight excluding hydrogens is 811 g/mol. The molecule has 0 spiro atoms. The molecule has 336 valence electrons. The molecule has 0 aliphatic carbocycles. The van der Waals surface area contributed by atoms with Gasteiger partial charge in [-0.1, -0.05) is 38.0 Å². The molecule has 0 aromatic carbocycles. The van der Waals surface area contributed by atoms with Gasteiger partial charge in [-0.05, 0) is 79.1 Å². The Morgan fingerprint density at radius 2 is 1.85 bits per heavy atom. The third-order valence-electron chi connectivity index (χ3n) is 12.0. The fourth-order valence-corrected chi connectivity index (χ4v) is 9.58. The first-order chi connectivity index (χ1) is 28.7. The van der Waals surface area contributed by atoms with E-state index in [0.29, 0.717) is 28.5 Å². The number of oxime groups is 1. The molecule has 3 aliphatic heterocycles. The van der Waals surface area contributed by atoms with Crippen molar-refractivity contribution in [2.24, 2.45) is 33.8 Å². The van der Waals surface area contributed by atoms with Gasteiger partial charge in [0.1, 0.15) is 46.1 Å². The molecule has 18 heteroatoms. The lowest BCUT2D eigenvalue weighted by Gasteiger charge is -2.47. The largest absolute Gasteiger partial charge is 0.459 e. The highest BCUT2D eigenvalue weighted by Crippen LogP contribution is 2.40. The zero-order valence-electron chi connectivity index (χ0n) is 36.9. The number of rotatable bonds is 8. The Kier molecular flexibility index (Phi) is 15.8. The zero-order chi connectivity index (χ0) is 45.0. The maximum absolute atomic E-state index is 14.5. The maximum atomic E-state index is 14.5. The van der Waals surface area contributed by atoms with E-state index in [1.165, 1.54) is 32.1 Å². The molecule has 3 fully saturated rings. The van der Waals surface area contributed by atoms with E-state index in [9.17, 15) is 29.9 Å². The molecule has 5 rings (SSSR count). The van der Waals surface area contributed by atoms with E-state index >= 15 is 0 Å². The van der Waals surface area contributed by atoms with Crippen molar-refractivity contribution in [3.8, 4) is 16.6 Å². The van der Waals surface area contributed by atoms with Gasteiger partial charge in [-0.3, -0.25) is 14.4 Å². The first kappa shape index (κ1) is 48.1. The van der Waals surface area contributed by atoms with Crippen LogP contribution in [0.3, 0.4) is 0 Å². The van der Waals surface area contributed by atoms with Crippen LogP contribution < -0.4 is 0 Å². The molecule has 5 heterocycles. The minimum atomic E-state index is -1.88. The number of carbonyl (C=O) groups excluding carboxylic acids is 3. The summed E-state index contributed by atoms with van der Waals surface area (Å²) in [7, 11) is 3.71. The number of ether oxygens (including phenoxy) is 5. The van der Waals surface area contributed by atoms with Crippen LogP contribution in [0.15, 0.2) is 32.9 Å². The van der Waals surface area contributed by atoms with Crippen molar-refractivity contribution < 1.29 is 57.6 Å². The summed E-state index contributed by atoms with van der Waals surface area (Å²) in [5.74, 6) is -5.13. The van der Waals surface area contributed by atoms with Gasteiger partial charge in [0.15, 0.2) is 24.4 Å². The van der Waals surface area contributed by atoms with Gasteiger partial charge in [-0.25, -0.2) is 4.99 Å². The van der Waals surface area contributed by atoms with Gasteiger partial charge in [0.2, 0.25) is 5.91 Å². The number of amides is 1. The first-order valence-corrected chi connectivity index (χ1v) is 21.6. The number of nitriles is 1. The minimum absolute atomic E-state index is 0.108. The topological polar surface area (TPSA) is 225 Å². The fourth-order valence-electron chi connectivity index (χ4n) is 8.83. The number of likely N-dealkylation sites (N-methyl/N-ethyl adjacent to an activating group) is 1. The van der Waals surface area contributed by atoms with Crippen molar-refractivity contribution in [2.45, 2.75) is 142 Å². The summed E-state index contributed by atoms with van der Waals surface area (Å²) in [5.41, 5.74) is -2.17. The van der Waals surface area contributed by atoms with Crippen LogP contribution in [0.4, 0.5) is 0 Å². The van der Waals surface area contributed by atoms with Gasteiger partial charge >= 0.3 is 5.97 Å². The Morgan fingerprint density at radius 3 is 2.49 bits per heavy atom. The number of hydrogen-bond acceptors (Lipinski definition) is 17. The molecule has 3 aliphatic rings. The third kappa shape index (κ3) is 11.0. The highest BCUT2D eigenvalue weighted by Gasteiger charge is 2.53. The lowest BCUT2D eigenvalue weighted by atomic mass is 9.73. The van der Waals surface area contributed by atoms with Crippen LogP contribution in [0.1, 0.15) is 92.2 Å². The predicted octanol–water partition coefficient (Wildman–Crippen LogP) is 4.71. The Labute approximate surface area is 361 Å². The summed E-state index contributed by atoms with van der Waals surface area (Å²) >= 11 is 1.27. The standard InChI is InChI=1S/C43H61N5O12S/c1-12-34-43(9,53)39-24(4)35(45-27(7)49)22(2)17-42(8,55-20-28(19-54-39)46-56-21-29-16-31(47-60-29)33-14-13-30(18-44)61-33)38(25(5)36(50)26(6)40(52)58-34)59-41-37(51)32(48(10)11)15-23(3)57-41/h13-14,16,22-26,32,34,37-39,41,51,53H,12,15,17,19-21H2,1-11H3/b45-35?,46-28+/t22-,23-,24+,25+,26-,32+,34-,37-,38-,39?,41+,42-,43-/m1/s1. The number of Topliss-reactive ketones (excluding diaryl/α,β-unsaturated/α-hetero) is 1. The molecule has 0 saturated carbocycles. The fraction of sp³-hybridized carbons (Fsp3) is 0.698. The van der Waals surface area contributed by atoms with Crippen LogP contribution in [0.5, 0.6) is 0 Å². The zero-order valence-corrected chi connectivity index (χ0v) is 37.8. The molecule has 17 nitrogen and oxygen atoms in total. The minimum Gasteiger partial charge on any atom is -0.459 e. The second kappa shape index (κ2) is 20.1. The number of carbonyl (C=O) groups is 3.